The number of nitrogens with zero attached hydrogens (tertiary/aromatic N) is 6. The molecule has 0 fully saturated rings. The topological polar surface area (TPSA) is 159 Å². The average Bonchev–Trinajstić information content (AvgIpc) is 2.56. The lowest BCUT2D eigenvalue weighted by atomic mass is 10.2. The van der Waals surface area contributed by atoms with Crippen LogP contribution in [0.1, 0.15) is 20.8 Å². The highest BCUT2D eigenvalue weighted by Gasteiger charge is 2.33. The van der Waals surface area contributed by atoms with Crippen LogP contribution in [-0.2, 0) is 4.74 Å². The molecule has 0 bridgehead atoms. The lowest BCUT2D eigenvalue weighted by Gasteiger charge is -2.39. The van der Waals surface area contributed by atoms with Gasteiger partial charge in [-0.2, -0.15) is 15.0 Å². The third-order valence-electron chi connectivity index (χ3n) is 3.52. The SMILES string of the molecule is COC(C)(C)N(c1nc(N(CO)CO)nc(N(CO)CO)n1)C(C)O. The summed E-state index contributed by atoms with van der Waals surface area (Å²) in [5.74, 6) is -0.274. The monoisotopic (exact) mass is 362 g/mol. The Morgan fingerprint density at radius 2 is 1.24 bits per heavy atom. The van der Waals surface area contributed by atoms with Crippen LogP contribution in [0.2, 0.25) is 0 Å². The van der Waals surface area contributed by atoms with E-state index in [1.165, 1.54) is 18.9 Å². The zero-order chi connectivity index (χ0) is 19.2. The molecule has 0 amide bonds. The number of rotatable bonds is 10. The Morgan fingerprint density at radius 1 is 0.880 bits per heavy atom. The number of aromatic nitrogens is 3. The van der Waals surface area contributed by atoms with Crippen LogP contribution in [0.4, 0.5) is 17.8 Å². The molecule has 0 aliphatic heterocycles. The van der Waals surface area contributed by atoms with Crippen molar-refractivity contribution in [2.45, 2.75) is 32.7 Å². The van der Waals surface area contributed by atoms with Crippen LogP contribution in [0.25, 0.3) is 0 Å². The molecule has 0 aliphatic carbocycles. The molecule has 1 atom stereocenters. The van der Waals surface area contributed by atoms with Gasteiger partial charge in [0.05, 0.1) is 0 Å². The van der Waals surface area contributed by atoms with E-state index in [2.05, 4.69) is 15.0 Å². The Labute approximate surface area is 145 Å². The lowest BCUT2D eigenvalue weighted by Crippen LogP contribution is -2.51. The molecule has 0 saturated carbocycles. The normalized spacial score (nSPS) is 12.8. The minimum atomic E-state index is -1.06. The summed E-state index contributed by atoms with van der Waals surface area (Å²) in [7, 11) is 1.44. The van der Waals surface area contributed by atoms with E-state index in [-0.39, 0.29) is 17.8 Å². The summed E-state index contributed by atoms with van der Waals surface area (Å²) in [4.78, 5) is 15.7. The van der Waals surface area contributed by atoms with Crippen molar-refractivity contribution in [3.63, 3.8) is 0 Å². The van der Waals surface area contributed by atoms with Crippen molar-refractivity contribution < 1.29 is 30.3 Å². The zero-order valence-electron chi connectivity index (χ0n) is 14.7. The number of aliphatic hydroxyl groups excluding tert-OH is 5. The fraction of sp³-hybridized carbons (Fsp3) is 0.769. The van der Waals surface area contributed by atoms with Crippen LogP contribution in [-0.4, -0.2) is 86.5 Å². The maximum absolute atomic E-state index is 10.1. The van der Waals surface area contributed by atoms with E-state index < -0.39 is 38.9 Å². The van der Waals surface area contributed by atoms with Gasteiger partial charge in [0.15, 0.2) is 0 Å². The maximum atomic E-state index is 10.1. The first-order valence-electron chi connectivity index (χ1n) is 7.47. The first kappa shape index (κ1) is 21.2. The highest BCUT2D eigenvalue weighted by atomic mass is 16.5. The Balaban J connectivity index is 3.55. The number of anilines is 3. The smallest absolute Gasteiger partial charge is 0.236 e. The van der Waals surface area contributed by atoms with Crippen molar-refractivity contribution in [2.24, 2.45) is 0 Å². The minimum Gasteiger partial charge on any atom is -0.376 e. The summed E-state index contributed by atoms with van der Waals surface area (Å²) in [5, 5.41) is 47.5. The van der Waals surface area contributed by atoms with Crippen molar-refractivity contribution in [1.29, 1.82) is 0 Å². The lowest BCUT2D eigenvalue weighted by molar-refractivity contribution is -0.0132. The largest absolute Gasteiger partial charge is 0.376 e. The predicted octanol–water partition coefficient (Wildman–Crippen LogP) is -2.19. The number of aliphatic hydroxyl groups is 5. The molecule has 25 heavy (non-hydrogen) atoms. The molecule has 1 unspecified atom stereocenters. The van der Waals surface area contributed by atoms with E-state index in [9.17, 15) is 25.5 Å². The van der Waals surface area contributed by atoms with Gasteiger partial charge in [-0.05, 0) is 20.8 Å². The van der Waals surface area contributed by atoms with Gasteiger partial charge >= 0.3 is 0 Å². The first-order chi connectivity index (χ1) is 11.7. The van der Waals surface area contributed by atoms with E-state index in [1.54, 1.807) is 13.8 Å². The number of methoxy groups -OCH3 is 1. The summed E-state index contributed by atoms with van der Waals surface area (Å²) >= 11 is 0. The van der Waals surface area contributed by atoms with Crippen molar-refractivity contribution in [1.82, 2.24) is 15.0 Å². The van der Waals surface area contributed by atoms with E-state index in [0.29, 0.717) is 0 Å². The Kier molecular flexibility index (Phi) is 7.66. The molecule has 1 aromatic rings. The summed E-state index contributed by atoms with van der Waals surface area (Å²) < 4.78 is 5.36. The van der Waals surface area contributed by atoms with Crippen molar-refractivity contribution in [3.8, 4) is 0 Å². The summed E-state index contributed by atoms with van der Waals surface area (Å²) in [6.07, 6.45) is -1.06. The minimum absolute atomic E-state index is 0.0411. The van der Waals surface area contributed by atoms with Crippen molar-refractivity contribution in [2.75, 3.05) is 48.7 Å². The number of hydrogen-bond acceptors (Lipinski definition) is 12. The molecule has 0 spiro atoms. The molecule has 144 valence electrons. The Morgan fingerprint density at radius 3 is 1.52 bits per heavy atom. The van der Waals surface area contributed by atoms with Crippen LogP contribution in [0, 0.1) is 0 Å². The van der Waals surface area contributed by atoms with Gasteiger partial charge in [0.25, 0.3) is 0 Å². The highest BCUT2D eigenvalue weighted by molar-refractivity contribution is 5.47. The highest BCUT2D eigenvalue weighted by Crippen LogP contribution is 2.26. The van der Waals surface area contributed by atoms with Crippen LogP contribution < -0.4 is 14.7 Å². The van der Waals surface area contributed by atoms with Crippen LogP contribution >= 0.6 is 0 Å². The Bertz CT molecular complexity index is 507. The molecule has 1 heterocycles. The second-order valence-electron chi connectivity index (χ2n) is 5.53. The van der Waals surface area contributed by atoms with Crippen LogP contribution in [0.3, 0.4) is 0 Å². The third-order valence-corrected chi connectivity index (χ3v) is 3.52. The van der Waals surface area contributed by atoms with E-state index in [0.717, 1.165) is 9.80 Å². The second kappa shape index (κ2) is 9.03. The molecule has 12 heteroatoms. The van der Waals surface area contributed by atoms with Gasteiger partial charge in [0.1, 0.15) is 38.9 Å². The second-order valence-corrected chi connectivity index (χ2v) is 5.53. The summed E-state index contributed by atoms with van der Waals surface area (Å²) in [5.41, 5.74) is -1.02. The first-order valence-corrected chi connectivity index (χ1v) is 7.47. The van der Waals surface area contributed by atoms with E-state index in [1.807, 2.05) is 0 Å². The van der Waals surface area contributed by atoms with Gasteiger partial charge in [0.2, 0.25) is 17.8 Å². The maximum Gasteiger partial charge on any atom is 0.236 e. The van der Waals surface area contributed by atoms with Crippen molar-refractivity contribution >= 4 is 17.8 Å². The number of hydrogen-bond donors (Lipinski definition) is 5. The van der Waals surface area contributed by atoms with E-state index >= 15 is 0 Å². The summed E-state index contributed by atoms with van der Waals surface area (Å²) in [6, 6.07) is 0. The quantitative estimate of drug-likeness (QED) is 0.287. The van der Waals surface area contributed by atoms with E-state index in [4.69, 9.17) is 4.74 Å². The molecule has 12 nitrogen and oxygen atoms in total. The van der Waals surface area contributed by atoms with Crippen LogP contribution in [0.15, 0.2) is 0 Å². The van der Waals surface area contributed by atoms with Crippen molar-refractivity contribution in [3.05, 3.63) is 0 Å². The standard InChI is InChI=1S/C13H26N6O6/c1-9(24)19(13(2,3)25-4)12-15-10(17(5-20)6-21)14-11(16-12)18(7-22)8-23/h9,20-24H,5-8H2,1-4H3. The molecule has 0 aliphatic rings. The third kappa shape index (κ3) is 4.84. The summed E-state index contributed by atoms with van der Waals surface area (Å²) in [6.45, 7) is 2.50. The predicted molar refractivity (Wildman–Crippen MR) is 88.4 cm³/mol. The number of ether oxygens (including phenoxy) is 1. The molecule has 0 radical (unpaired) electrons. The fourth-order valence-corrected chi connectivity index (χ4v) is 2.03. The van der Waals surface area contributed by atoms with Gasteiger partial charge in [-0.25, -0.2) is 0 Å². The van der Waals surface area contributed by atoms with Crippen LogP contribution in [0.5, 0.6) is 0 Å². The Hall–Kier alpha value is -1.83. The van der Waals surface area contributed by atoms with Gasteiger partial charge in [0, 0.05) is 7.11 Å². The molecule has 1 aromatic heterocycles. The average molecular weight is 362 g/mol. The van der Waals surface area contributed by atoms with Gasteiger partial charge in [-0.3, -0.25) is 14.7 Å². The molecule has 1 rings (SSSR count). The zero-order valence-corrected chi connectivity index (χ0v) is 14.7. The van der Waals surface area contributed by atoms with Gasteiger partial charge in [-0.1, -0.05) is 0 Å². The molecule has 5 N–H and O–H groups in total. The molecular formula is C13H26N6O6. The molecular weight excluding hydrogens is 336 g/mol. The molecule has 0 saturated heterocycles. The van der Waals surface area contributed by atoms with Gasteiger partial charge < -0.3 is 30.3 Å². The van der Waals surface area contributed by atoms with Gasteiger partial charge in [-0.15, -0.1) is 0 Å². The fourth-order valence-electron chi connectivity index (χ4n) is 2.03. The molecule has 0 aromatic carbocycles.